The van der Waals surface area contributed by atoms with E-state index in [0.717, 1.165) is 6.42 Å². The van der Waals surface area contributed by atoms with Gasteiger partial charge in [-0.05, 0) is 12.3 Å². The molecule has 1 aliphatic carbocycles. The first-order valence-corrected chi connectivity index (χ1v) is 4.01. The molecule has 1 rings (SSSR count). The lowest BCUT2D eigenvalue weighted by atomic mass is 9.65. The van der Waals surface area contributed by atoms with Crippen molar-refractivity contribution < 1.29 is 4.79 Å². The second-order valence-electron chi connectivity index (χ2n) is 3.88. The third kappa shape index (κ3) is 1.59. The van der Waals surface area contributed by atoms with E-state index in [-0.39, 0.29) is 11.2 Å². The highest BCUT2D eigenvalue weighted by Gasteiger charge is 2.43. The normalized spacial score (nSPS) is 21.1. The molecule has 0 aromatic heterocycles. The zero-order chi connectivity index (χ0) is 8.48. The smallest absolute Gasteiger partial charge is 0.136 e. The number of nitrogens with zero attached hydrogens (tertiary/aromatic N) is 1. The molecule has 0 aromatic carbocycles. The Balaban J connectivity index is 2.52. The number of hydrogen-bond donors (Lipinski definition) is 0. The summed E-state index contributed by atoms with van der Waals surface area (Å²) in [5, 5.41) is 8.80. The average Bonchev–Trinajstić information content (AvgIpc) is 1.82. The van der Waals surface area contributed by atoms with Gasteiger partial charge in [0.1, 0.15) is 5.78 Å². The minimum atomic E-state index is -0.286. The van der Waals surface area contributed by atoms with Gasteiger partial charge in [-0.25, -0.2) is 0 Å². The van der Waals surface area contributed by atoms with E-state index in [1.807, 2.05) is 0 Å². The number of Topliss-reactive ketones (excluding diaryl/α,β-unsaturated/α-hetero) is 1. The summed E-state index contributed by atoms with van der Waals surface area (Å²) >= 11 is 0. The highest BCUT2D eigenvalue weighted by atomic mass is 16.1. The van der Waals surface area contributed by atoms with E-state index >= 15 is 0 Å². The zero-order valence-corrected chi connectivity index (χ0v) is 7.05. The Hall–Kier alpha value is -0.840. The summed E-state index contributed by atoms with van der Waals surface area (Å²) in [6.07, 6.45) is 1.85. The molecule has 0 spiro atoms. The first kappa shape index (κ1) is 8.26. The molecule has 1 aliphatic rings. The first-order valence-electron chi connectivity index (χ1n) is 4.01. The molecule has 2 nitrogen and oxygen atoms in total. The summed E-state index contributed by atoms with van der Waals surface area (Å²) in [6, 6.07) is 2.26. The predicted octanol–water partition coefficient (Wildman–Crippen LogP) is 1.91. The third-order valence-electron chi connectivity index (χ3n) is 2.11. The fraction of sp³-hybridized carbons (Fsp3) is 0.778. The number of carbonyl (C=O) groups excluding carboxylic acids is 1. The third-order valence-corrected chi connectivity index (χ3v) is 2.11. The number of nitriles is 1. The summed E-state index contributed by atoms with van der Waals surface area (Å²) in [5.41, 5.74) is -0.286. The van der Waals surface area contributed by atoms with Crippen LogP contribution in [-0.4, -0.2) is 5.78 Å². The number of rotatable bonds is 2. The summed E-state index contributed by atoms with van der Waals surface area (Å²) in [7, 11) is 0. The SMILES string of the molecule is CC(C)CC1(C#N)CC(=O)C1. The Morgan fingerprint density at radius 1 is 1.64 bits per heavy atom. The van der Waals surface area contributed by atoms with E-state index < -0.39 is 0 Å². The van der Waals surface area contributed by atoms with Crippen molar-refractivity contribution >= 4 is 5.78 Å². The Kier molecular flexibility index (Phi) is 1.99. The monoisotopic (exact) mass is 151 g/mol. The molecular weight excluding hydrogens is 138 g/mol. The number of carbonyl (C=O) groups is 1. The van der Waals surface area contributed by atoms with Crippen molar-refractivity contribution in [1.29, 1.82) is 5.26 Å². The van der Waals surface area contributed by atoms with Gasteiger partial charge in [-0.1, -0.05) is 13.8 Å². The summed E-state index contributed by atoms with van der Waals surface area (Å²) in [6.45, 7) is 4.17. The molecule has 0 aliphatic heterocycles. The average molecular weight is 151 g/mol. The maximum absolute atomic E-state index is 10.7. The lowest BCUT2D eigenvalue weighted by Crippen LogP contribution is -2.37. The van der Waals surface area contributed by atoms with Crippen molar-refractivity contribution in [3.8, 4) is 6.07 Å². The van der Waals surface area contributed by atoms with Crippen LogP contribution in [0.2, 0.25) is 0 Å². The topological polar surface area (TPSA) is 40.9 Å². The van der Waals surface area contributed by atoms with Crippen molar-refractivity contribution in [2.24, 2.45) is 11.3 Å². The van der Waals surface area contributed by atoms with E-state index in [9.17, 15) is 4.79 Å². The zero-order valence-electron chi connectivity index (χ0n) is 7.05. The minimum absolute atomic E-state index is 0.243. The van der Waals surface area contributed by atoms with Gasteiger partial charge in [0, 0.05) is 12.8 Å². The summed E-state index contributed by atoms with van der Waals surface area (Å²) < 4.78 is 0. The van der Waals surface area contributed by atoms with Gasteiger partial charge in [0.25, 0.3) is 0 Å². The van der Waals surface area contributed by atoms with Crippen LogP contribution in [0.25, 0.3) is 0 Å². The minimum Gasteiger partial charge on any atom is -0.300 e. The van der Waals surface area contributed by atoms with Gasteiger partial charge in [0.05, 0.1) is 11.5 Å². The van der Waals surface area contributed by atoms with Gasteiger partial charge in [0.2, 0.25) is 0 Å². The van der Waals surface area contributed by atoms with Crippen molar-refractivity contribution in [3.63, 3.8) is 0 Å². The molecule has 11 heavy (non-hydrogen) atoms. The molecule has 0 bridgehead atoms. The molecule has 2 heteroatoms. The van der Waals surface area contributed by atoms with E-state index in [1.54, 1.807) is 0 Å². The molecule has 0 N–H and O–H groups in total. The van der Waals surface area contributed by atoms with Gasteiger partial charge in [-0.15, -0.1) is 0 Å². The molecule has 0 saturated heterocycles. The van der Waals surface area contributed by atoms with Crippen molar-refractivity contribution in [3.05, 3.63) is 0 Å². The van der Waals surface area contributed by atoms with Crippen LogP contribution in [-0.2, 0) is 4.79 Å². The molecular formula is C9H13NO. The lowest BCUT2D eigenvalue weighted by Gasteiger charge is -2.34. The largest absolute Gasteiger partial charge is 0.300 e. The first-order chi connectivity index (χ1) is 5.08. The van der Waals surface area contributed by atoms with Crippen molar-refractivity contribution in [2.75, 3.05) is 0 Å². The second-order valence-corrected chi connectivity index (χ2v) is 3.88. The maximum atomic E-state index is 10.7. The van der Waals surface area contributed by atoms with E-state index in [0.29, 0.717) is 18.8 Å². The number of hydrogen-bond acceptors (Lipinski definition) is 2. The summed E-state index contributed by atoms with van der Waals surface area (Å²) in [4.78, 5) is 10.7. The molecule has 0 atom stereocenters. The van der Waals surface area contributed by atoms with Crippen LogP contribution in [0.1, 0.15) is 33.1 Å². The van der Waals surface area contributed by atoms with Gasteiger partial charge >= 0.3 is 0 Å². The van der Waals surface area contributed by atoms with Crippen molar-refractivity contribution in [1.82, 2.24) is 0 Å². The van der Waals surface area contributed by atoms with Crippen LogP contribution in [0.15, 0.2) is 0 Å². The van der Waals surface area contributed by atoms with Crippen LogP contribution in [0.5, 0.6) is 0 Å². The van der Waals surface area contributed by atoms with E-state index in [1.165, 1.54) is 0 Å². The molecule has 1 saturated carbocycles. The van der Waals surface area contributed by atoms with Crippen LogP contribution in [0, 0.1) is 22.7 Å². The van der Waals surface area contributed by atoms with Gasteiger partial charge in [-0.2, -0.15) is 5.26 Å². The molecule has 0 unspecified atom stereocenters. The quantitative estimate of drug-likeness (QED) is 0.604. The standard InChI is InChI=1S/C9H13NO/c1-7(2)3-9(6-10)4-8(11)5-9/h7H,3-5H2,1-2H3. The van der Waals surface area contributed by atoms with Gasteiger partial charge in [0.15, 0.2) is 0 Å². The Morgan fingerprint density at radius 3 is 2.45 bits per heavy atom. The molecule has 60 valence electrons. The van der Waals surface area contributed by atoms with Crippen LogP contribution >= 0.6 is 0 Å². The predicted molar refractivity (Wildman–Crippen MR) is 41.7 cm³/mol. The maximum Gasteiger partial charge on any atom is 0.136 e. The van der Waals surface area contributed by atoms with Crippen molar-refractivity contribution in [2.45, 2.75) is 33.1 Å². The highest BCUT2D eigenvalue weighted by Crippen LogP contribution is 2.42. The Bertz CT molecular complexity index is 204. The van der Waals surface area contributed by atoms with Gasteiger partial charge < -0.3 is 0 Å². The van der Waals surface area contributed by atoms with Crippen LogP contribution in [0.4, 0.5) is 0 Å². The Labute approximate surface area is 67.2 Å². The number of ketones is 1. The van der Waals surface area contributed by atoms with Crippen LogP contribution < -0.4 is 0 Å². The van der Waals surface area contributed by atoms with Crippen LogP contribution in [0.3, 0.4) is 0 Å². The Morgan fingerprint density at radius 2 is 2.18 bits per heavy atom. The molecule has 0 amide bonds. The lowest BCUT2D eigenvalue weighted by molar-refractivity contribution is -0.130. The summed E-state index contributed by atoms with van der Waals surface area (Å²) in [5.74, 6) is 0.759. The highest BCUT2D eigenvalue weighted by molar-refractivity contribution is 5.87. The molecule has 0 heterocycles. The van der Waals surface area contributed by atoms with E-state index in [4.69, 9.17) is 5.26 Å². The molecule has 1 fully saturated rings. The van der Waals surface area contributed by atoms with E-state index in [2.05, 4.69) is 19.9 Å². The molecule has 0 radical (unpaired) electrons. The molecule has 0 aromatic rings. The fourth-order valence-corrected chi connectivity index (χ4v) is 1.75. The fourth-order valence-electron chi connectivity index (χ4n) is 1.75. The van der Waals surface area contributed by atoms with Gasteiger partial charge in [-0.3, -0.25) is 4.79 Å². The second kappa shape index (κ2) is 2.65.